The smallest absolute Gasteiger partial charge is 0.187 e. The van der Waals surface area contributed by atoms with Crippen LogP contribution in [0, 0.1) is 50.2 Å². The third-order valence-electron chi connectivity index (χ3n) is 19.5. The number of hydrogen-bond acceptors (Lipinski definition) is 19. The van der Waals surface area contributed by atoms with Crippen LogP contribution in [-0.2, 0) is 28.4 Å². The molecule has 3 heterocycles. The lowest BCUT2D eigenvalue weighted by Gasteiger charge is -2.72. The molecule has 386 valence electrons. The lowest BCUT2D eigenvalue weighted by atomic mass is 9.33. The van der Waals surface area contributed by atoms with Gasteiger partial charge in [-0.2, -0.15) is 0 Å². The lowest BCUT2D eigenvalue weighted by molar-refractivity contribution is -0.398. The first kappa shape index (κ1) is 52.3. The van der Waals surface area contributed by atoms with Crippen molar-refractivity contribution in [2.45, 2.75) is 210 Å². The Bertz CT molecular complexity index is 1790. The second kappa shape index (κ2) is 18.5. The molecule has 0 spiro atoms. The SMILES string of the molecule is C[C@H]1O[C@@H](O[C@H]2CC[C@@]3(C)[C@@H](CC[C@]4(C)[C@@H]3[C@H](O)C=C3[C@H]5CC(C)(C)CC[C@]5(CO)[C@@H](O)C[C@]34C)[C@]2(C)CO)[C@H](O[C@@H]2O[C@H](CO)[C@@H](O)[C@H](O)[C@H]2O)[C@@H](O[C@@H]2O[C@H](CO)[C@@H](O)[C@H](O)[C@H]2O)[C@H]1O. The molecule has 8 rings (SSSR count). The van der Waals surface area contributed by atoms with E-state index in [2.05, 4.69) is 34.6 Å². The minimum atomic E-state index is -1.91. The van der Waals surface area contributed by atoms with Gasteiger partial charge in [0.1, 0.15) is 67.1 Å². The Morgan fingerprint density at radius 2 is 1.18 bits per heavy atom. The van der Waals surface area contributed by atoms with Crippen molar-refractivity contribution in [1.29, 1.82) is 0 Å². The van der Waals surface area contributed by atoms with Gasteiger partial charge in [-0.25, -0.2) is 0 Å². The van der Waals surface area contributed by atoms with E-state index in [9.17, 15) is 66.4 Å². The maximum absolute atomic E-state index is 12.6. The van der Waals surface area contributed by atoms with Gasteiger partial charge in [0.05, 0.1) is 50.8 Å². The summed E-state index contributed by atoms with van der Waals surface area (Å²) >= 11 is 0. The van der Waals surface area contributed by atoms with Crippen LogP contribution in [0.4, 0.5) is 0 Å². The zero-order chi connectivity index (χ0) is 49.1. The molecule has 8 aliphatic rings. The van der Waals surface area contributed by atoms with Crippen LogP contribution in [0.5, 0.6) is 0 Å². The molecule has 0 bridgehead atoms. The minimum Gasteiger partial charge on any atom is -0.396 e. The summed E-state index contributed by atoms with van der Waals surface area (Å²) < 4.78 is 37.1. The first-order chi connectivity index (χ1) is 31.3. The van der Waals surface area contributed by atoms with Gasteiger partial charge >= 0.3 is 0 Å². The summed E-state index contributed by atoms with van der Waals surface area (Å²) in [4.78, 5) is 0. The Morgan fingerprint density at radius 3 is 1.73 bits per heavy atom. The molecular weight excluding hydrogens is 881 g/mol. The Kier molecular flexibility index (Phi) is 14.4. The average molecular weight is 961 g/mol. The molecule has 67 heavy (non-hydrogen) atoms. The number of ether oxygens (including phenoxy) is 6. The highest BCUT2D eigenvalue weighted by Crippen LogP contribution is 2.76. The summed E-state index contributed by atoms with van der Waals surface area (Å²) in [6.07, 6.45) is -20.1. The second-order valence-corrected chi connectivity index (χ2v) is 23.6. The summed E-state index contributed by atoms with van der Waals surface area (Å²) in [5.41, 5.74) is -2.16. The topological polar surface area (TPSA) is 318 Å². The van der Waals surface area contributed by atoms with Crippen molar-refractivity contribution < 1.29 is 94.8 Å². The number of rotatable bonds is 10. The van der Waals surface area contributed by atoms with Gasteiger partial charge in [0.2, 0.25) is 0 Å². The Labute approximate surface area is 392 Å². The van der Waals surface area contributed by atoms with E-state index >= 15 is 0 Å². The third kappa shape index (κ3) is 8.05. The highest BCUT2D eigenvalue weighted by atomic mass is 16.8. The molecule has 0 aromatic rings. The highest BCUT2D eigenvalue weighted by molar-refractivity contribution is 5.37. The zero-order valence-corrected chi connectivity index (χ0v) is 40.0. The van der Waals surface area contributed by atoms with E-state index in [1.165, 1.54) is 6.92 Å². The summed E-state index contributed by atoms with van der Waals surface area (Å²) in [6.45, 7) is 12.6. The van der Waals surface area contributed by atoms with Gasteiger partial charge in [0, 0.05) is 16.7 Å². The van der Waals surface area contributed by atoms with Crippen molar-refractivity contribution in [1.82, 2.24) is 0 Å². The number of aliphatic hydroxyl groups is 13. The summed E-state index contributed by atoms with van der Waals surface area (Å²) in [6, 6.07) is 0. The molecule has 0 aromatic carbocycles. The van der Waals surface area contributed by atoms with Crippen molar-refractivity contribution in [3.63, 3.8) is 0 Å². The Balaban J connectivity index is 1.12. The van der Waals surface area contributed by atoms with Crippen molar-refractivity contribution in [3.8, 4) is 0 Å². The fourth-order valence-electron chi connectivity index (χ4n) is 15.3. The van der Waals surface area contributed by atoms with Gasteiger partial charge in [0.15, 0.2) is 18.9 Å². The molecule has 19 nitrogen and oxygen atoms in total. The molecule has 3 aliphatic heterocycles. The molecule has 19 heteroatoms. The molecule has 13 N–H and O–H groups in total. The number of fused-ring (bicyclic) bond motifs is 7. The van der Waals surface area contributed by atoms with Crippen LogP contribution in [0.1, 0.15) is 99.8 Å². The molecule has 0 radical (unpaired) electrons. The molecule has 0 amide bonds. The van der Waals surface area contributed by atoms with Gasteiger partial charge in [-0.1, -0.05) is 53.2 Å². The Hall–Kier alpha value is -1.02. The molecule has 0 aromatic heterocycles. The molecule has 3 saturated heterocycles. The fourth-order valence-corrected chi connectivity index (χ4v) is 15.3. The van der Waals surface area contributed by atoms with Crippen LogP contribution < -0.4 is 0 Å². The van der Waals surface area contributed by atoms with E-state index in [0.717, 1.165) is 18.4 Å². The van der Waals surface area contributed by atoms with Gasteiger partial charge < -0.3 is 94.8 Å². The predicted octanol–water partition coefficient (Wildman–Crippen LogP) is -1.44. The summed E-state index contributed by atoms with van der Waals surface area (Å²) in [7, 11) is 0. The predicted molar refractivity (Wildman–Crippen MR) is 233 cm³/mol. The molecule has 5 aliphatic carbocycles. The average Bonchev–Trinajstić information content (AvgIpc) is 3.28. The van der Waals surface area contributed by atoms with E-state index in [1.807, 2.05) is 13.0 Å². The van der Waals surface area contributed by atoms with Crippen molar-refractivity contribution in [3.05, 3.63) is 11.6 Å². The van der Waals surface area contributed by atoms with Crippen LogP contribution in [-0.4, -0.2) is 203 Å². The van der Waals surface area contributed by atoms with Gasteiger partial charge in [0.25, 0.3) is 0 Å². The van der Waals surface area contributed by atoms with Crippen LogP contribution in [0.2, 0.25) is 0 Å². The number of allylic oxidation sites excluding steroid dienone is 1. The van der Waals surface area contributed by atoms with Gasteiger partial charge in [-0.15, -0.1) is 0 Å². The molecular formula is C48H80O19. The van der Waals surface area contributed by atoms with E-state index in [1.54, 1.807) is 0 Å². The van der Waals surface area contributed by atoms with E-state index in [0.29, 0.717) is 38.5 Å². The maximum atomic E-state index is 12.6. The molecule has 4 saturated carbocycles. The first-order valence-corrected chi connectivity index (χ1v) is 24.5. The zero-order valence-electron chi connectivity index (χ0n) is 40.0. The summed E-state index contributed by atoms with van der Waals surface area (Å²) in [5, 5.41) is 143. The second-order valence-electron chi connectivity index (χ2n) is 23.6. The quantitative estimate of drug-likeness (QED) is 0.0881. The van der Waals surface area contributed by atoms with Crippen LogP contribution in [0.3, 0.4) is 0 Å². The minimum absolute atomic E-state index is 0.0152. The Morgan fingerprint density at radius 1 is 0.597 bits per heavy atom. The number of aliphatic hydroxyl groups excluding tert-OH is 13. The van der Waals surface area contributed by atoms with Gasteiger partial charge in [-0.3, -0.25) is 0 Å². The summed E-state index contributed by atoms with van der Waals surface area (Å²) in [5.74, 6) is -0.654. The molecule has 7 fully saturated rings. The highest BCUT2D eigenvalue weighted by Gasteiger charge is 2.72. The third-order valence-corrected chi connectivity index (χ3v) is 19.5. The largest absolute Gasteiger partial charge is 0.396 e. The molecule has 0 unspecified atom stereocenters. The monoisotopic (exact) mass is 961 g/mol. The van der Waals surface area contributed by atoms with Gasteiger partial charge in [-0.05, 0) is 91.8 Å². The van der Waals surface area contributed by atoms with Crippen molar-refractivity contribution in [2.75, 3.05) is 26.4 Å². The fraction of sp³-hybridized carbons (Fsp3) is 0.958. The normalized spacial score (nSPS) is 56.5. The first-order valence-electron chi connectivity index (χ1n) is 24.5. The van der Waals surface area contributed by atoms with E-state index in [-0.39, 0.29) is 36.4 Å². The lowest BCUT2D eigenvalue weighted by Crippen LogP contribution is -2.70. The van der Waals surface area contributed by atoms with Crippen LogP contribution in [0.25, 0.3) is 0 Å². The van der Waals surface area contributed by atoms with Crippen LogP contribution >= 0.6 is 0 Å². The van der Waals surface area contributed by atoms with E-state index < -0.39 is 151 Å². The van der Waals surface area contributed by atoms with Crippen LogP contribution in [0.15, 0.2) is 11.6 Å². The van der Waals surface area contributed by atoms with Crippen molar-refractivity contribution in [2.24, 2.45) is 50.2 Å². The van der Waals surface area contributed by atoms with Crippen molar-refractivity contribution >= 4 is 0 Å². The number of hydrogen-bond donors (Lipinski definition) is 13. The van der Waals surface area contributed by atoms with E-state index in [4.69, 9.17) is 28.4 Å². The molecule has 26 atom stereocenters. The standard InChI is InChI=1S/C48H80O19/c1-21-30(55)37(66-40-35(60)33(58)31(56)25(17-49)63-40)38(67-41-36(61)34(59)32(57)26(18-50)64-41)42(62-21)65-29-9-10-44(4)27(45(29,5)19-51)8-11-46(6)39(44)24(53)14-22-23-15-43(2,3)12-13-48(23,20-52)28(54)16-47(22,46)7/h14,21,23-42,49-61H,8-13,15-20H2,1-7H3/t21-,23-,24-,25-,26-,27-,28+,29+,30+,31-,32-,33+,34+,35-,36-,37+,38-,39-,40+,41+,42+,44+,45+,46-,47-,48-/m1/s1. The maximum Gasteiger partial charge on any atom is 0.187 e.